The fourth-order valence-electron chi connectivity index (χ4n) is 2.98. The maximum atomic E-state index is 12.8. The number of methoxy groups -OCH3 is 2. The molecule has 0 amide bonds. The lowest BCUT2D eigenvalue weighted by molar-refractivity contribution is 0.373. The number of nitrogens with zero attached hydrogens (tertiary/aromatic N) is 2. The van der Waals surface area contributed by atoms with E-state index in [1.54, 1.807) is 43.5 Å². The molecule has 4 rings (SSSR count). The Hall–Kier alpha value is -4.01. The first-order valence-corrected chi connectivity index (χ1v) is 8.28. The Morgan fingerprint density at radius 1 is 1.07 bits per heavy atom. The van der Waals surface area contributed by atoms with Crippen molar-refractivity contribution in [1.82, 2.24) is 14.6 Å². The molecule has 0 spiro atoms. The summed E-state index contributed by atoms with van der Waals surface area (Å²) in [5.41, 5.74) is 0.222. The fraction of sp³-hybridized carbons (Fsp3) is 0.105. The molecule has 0 radical (unpaired) electrons. The molecule has 0 saturated carbocycles. The summed E-state index contributed by atoms with van der Waals surface area (Å²) in [5, 5.41) is 14.7. The Labute approximate surface area is 157 Å². The second-order valence-corrected chi connectivity index (χ2v) is 5.98. The van der Waals surface area contributed by atoms with Gasteiger partial charge >= 0.3 is 11.2 Å². The number of aromatic nitrogens is 3. The highest BCUT2D eigenvalue weighted by Gasteiger charge is 2.13. The van der Waals surface area contributed by atoms with E-state index in [9.17, 15) is 14.7 Å². The van der Waals surface area contributed by atoms with E-state index in [0.717, 1.165) is 0 Å². The van der Waals surface area contributed by atoms with Crippen molar-refractivity contribution >= 4 is 28.2 Å². The summed E-state index contributed by atoms with van der Waals surface area (Å²) in [6.07, 6.45) is 1.21. The molecule has 9 nitrogen and oxygen atoms in total. The van der Waals surface area contributed by atoms with E-state index >= 15 is 0 Å². The standard InChI is InChI=1S/C19H16N4O5/c1-27-11-6-7-12-13(8-11)21-16-15(12)22-19(26)23(18(16)25)20-9-10-4-3-5-14(28-2)17(10)24/h3-9,21,24H,1-2H3,(H,22,26)/b20-9-. The second kappa shape index (κ2) is 6.62. The molecule has 0 saturated heterocycles. The average molecular weight is 380 g/mol. The van der Waals surface area contributed by atoms with E-state index in [4.69, 9.17) is 9.47 Å². The molecule has 2 heterocycles. The van der Waals surface area contributed by atoms with E-state index < -0.39 is 11.2 Å². The predicted molar refractivity (Wildman–Crippen MR) is 105 cm³/mol. The van der Waals surface area contributed by atoms with Crippen molar-refractivity contribution in [3.05, 3.63) is 62.8 Å². The lowest BCUT2D eigenvalue weighted by Gasteiger charge is -2.04. The number of aromatic amines is 2. The highest BCUT2D eigenvalue weighted by atomic mass is 16.5. The zero-order valence-electron chi connectivity index (χ0n) is 15.0. The third-order valence-corrected chi connectivity index (χ3v) is 4.40. The summed E-state index contributed by atoms with van der Waals surface area (Å²) in [6.45, 7) is 0. The molecular weight excluding hydrogens is 364 g/mol. The van der Waals surface area contributed by atoms with Gasteiger partial charge in [0.2, 0.25) is 0 Å². The quantitative estimate of drug-likeness (QED) is 0.466. The molecule has 0 bridgehead atoms. The zero-order valence-corrected chi connectivity index (χ0v) is 15.0. The van der Waals surface area contributed by atoms with Crippen molar-refractivity contribution in [2.24, 2.45) is 5.10 Å². The van der Waals surface area contributed by atoms with Gasteiger partial charge in [0.25, 0.3) is 0 Å². The zero-order chi connectivity index (χ0) is 19.8. The molecule has 28 heavy (non-hydrogen) atoms. The number of para-hydroxylation sites is 1. The minimum absolute atomic E-state index is 0.142. The monoisotopic (exact) mass is 380 g/mol. The average Bonchev–Trinajstić information content (AvgIpc) is 3.06. The molecule has 3 N–H and O–H groups in total. The summed E-state index contributed by atoms with van der Waals surface area (Å²) in [6, 6.07) is 10.0. The molecular formula is C19H16N4O5. The number of fused-ring (bicyclic) bond motifs is 3. The fourth-order valence-corrected chi connectivity index (χ4v) is 2.98. The summed E-state index contributed by atoms with van der Waals surface area (Å²) < 4.78 is 10.9. The van der Waals surface area contributed by atoms with E-state index in [2.05, 4.69) is 15.1 Å². The largest absolute Gasteiger partial charge is 0.504 e. The van der Waals surface area contributed by atoms with Crippen LogP contribution in [0.5, 0.6) is 17.2 Å². The first-order valence-electron chi connectivity index (χ1n) is 8.28. The first-order chi connectivity index (χ1) is 13.5. The van der Waals surface area contributed by atoms with Crippen LogP contribution in [0, 0.1) is 0 Å². The van der Waals surface area contributed by atoms with Crippen molar-refractivity contribution in [2.75, 3.05) is 14.2 Å². The van der Waals surface area contributed by atoms with Crippen molar-refractivity contribution < 1.29 is 14.6 Å². The minimum Gasteiger partial charge on any atom is -0.504 e. The van der Waals surface area contributed by atoms with Gasteiger partial charge in [-0.05, 0) is 24.3 Å². The maximum absolute atomic E-state index is 12.8. The van der Waals surface area contributed by atoms with Crippen LogP contribution in [-0.2, 0) is 0 Å². The van der Waals surface area contributed by atoms with Gasteiger partial charge in [0.05, 0.1) is 31.5 Å². The Morgan fingerprint density at radius 3 is 2.64 bits per heavy atom. The molecule has 2 aromatic carbocycles. The number of benzene rings is 2. The van der Waals surface area contributed by atoms with Gasteiger partial charge < -0.3 is 24.5 Å². The van der Waals surface area contributed by atoms with Crippen molar-refractivity contribution in [3.8, 4) is 17.2 Å². The van der Waals surface area contributed by atoms with E-state index in [0.29, 0.717) is 32.4 Å². The third kappa shape index (κ3) is 2.69. The Morgan fingerprint density at radius 2 is 1.89 bits per heavy atom. The molecule has 4 aromatic rings. The van der Waals surface area contributed by atoms with Crippen molar-refractivity contribution in [3.63, 3.8) is 0 Å². The number of rotatable bonds is 4. The number of phenols is 1. The van der Waals surface area contributed by atoms with Gasteiger partial charge in [-0.3, -0.25) is 4.79 Å². The van der Waals surface area contributed by atoms with Gasteiger partial charge in [-0.2, -0.15) is 5.10 Å². The van der Waals surface area contributed by atoms with Crippen LogP contribution in [0.4, 0.5) is 0 Å². The molecule has 0 fully saturated rings. The molecule has 0 aliphatic heterocycles. The highest BCUT2D eigenvalue weighted by molar-refractivity contribution is 6.04. The highest BCUT2D eigenvalue weighted by Crippen LogP contribution is 2.28. The molecule has 0 aliphatic carbocycles. The van der Waals surface area contributed by atoms with Gasteiger partial charge in [0.1, 0.15) is 11.3 Å². The van der Waals surface area contributed by atoms with Gasteiger partial charge in [-0.1, -0.05) is 6.07 Å². The maximum Gasteiger partial charge on any atom is 0.350 e. The Balaban J connectivity index is 1.87. The summed E-state index contributed by atoms with van der Waals surface area (Å²) in [4.78, 5) is 30.9. The number of hydrogen-bond donors (Lipinski definition) is 3. The van der Waals surface area contributed by atoms with Gasteiger partial charge in [0, 0.05) is 17.0 Å². The summed E-state index contributed by atoms with van der Waals surface area (Å²) in [7, 11) is 2.96. The van der Waals surface area contributed by atoms with Crippen molar-refractivity contribution in [1.29, 1.82) is 0 Å². The summed E-state index contributed by atoms with van der Waals surface area (Å²) >= 11 is 0. The number of ether oxygens (including phenoxy) is 2. The van der Waals surface area contributed by atoms with E-state index in [1.807, 2.05) is 0 Å². The number of H-pyrrole nitrogens is 2. The molecule has 142 valence electrons. The van der Waals surface area contributed by atoms with Crippen LogP contribution in [-0.4, -0.2) is 40.2 Å². The number of hydrogen-bond acceptors (Lipinski definition) is 6. The van der Waals surface area contributed by atoms with Crippen LogP contribution in [0.3, 0.4) is 0 Å². The first kappa shape index (κ1) is 17.4. The smallest absolute Gasteiger partial charge is 0.350 e. The third-order valence-electron chi connectivity index (χ3n) is 4.40. The van der Waals surface area contributed by atoms with Crippen LogP contribution in [0.15, 0.2) is 51.1 Å². The Bertz CT molecular complexity index is 1350. The van der Waals surface area contributed by atoms with Crippen LogP contribution in [0.25, 0.3) is 21.9 Å². The normalized spacial score (nSPS) is 11.5. The van der Waals surface area contributed by atoms with Gasteiger partial charge in [-0.15, -0.1) is 4.68 Å². The van der Waals surface area contributed by atoms with Crippen LogP contribution in [0.2, 0.25) is 0 Å². The molecule has 0 unspecified atom stereocenters. The Kier molecular flexibility index (Phi) is 4.11. The van der Waals surface area contributed by atoms with Crippen LogP contribution in [0.1, 0.15) is 5.56 Å². The van der Waals surface area contributed by atoms with Crippen molar-refractivity contribution in [2.45, 2.75) is 0 Å². The van der Waals surface area contributed by atoms with E-state index in [1.165, 1.54) is 13.3 Å². The number of nitrogens with one attached hydrogen (secondary N) is 2. The lowest BCUT2D eigenvalue weighted by atomic mass is 10.2. The van der Waals surface area contributed by atoms with Gasteiger partial charge in [0.15, 0.2) is 11.5 Å². The molecule has 0 aliphatic rings. The molecule has 0 atom stereocenters. The van der Waals surface area contributed by atoms with E-state index in [-0.39, 0.29) is 17.0 Å². The van der Waals surface area contributed by atoms with Crippen LogP contribution >= 0.6 is 0 Å². The minimum atomic E-state index is -0.701. The SMILES string of the molecule is COc1ccc2c(c1)[nH]c1c(=O)n(/N=C\c3cccc(OC)c3O)c(=O)[nH]c12. The number of aromatic hydroxyl groups is 1. The van der Waals surface area contributed by atoms with Gasteiger partial charge in [-0.25, -0.2) is 4.79 Å². The number of phenolic OH excluding ortho intramolecular Hbond substituents is 1. The molecule has 9 heteroatoms. The summed E-state index contributed by atoms with van der Waals surface area (Å²) in [5.74, 6) is 0.732. The lowest BCUT2D eigenvalue weighted by Crippen LogP contribution is -2.32. The van der Waals surface area contributed by atoms with Crippen LogP contribution < -0.4 is 20.7 Å². The molecule has 2 aromatic heterocycles. The topological polar surface area (TPSA) is 122 Å². The second-order valence-electron chi connectivity index (χ2n) is 5.98. The predicted octanol–water partition coefficient (Wildman–Crippen LogP) is 1.78.